The minimum Gasteiger partial charge on any atom is -0.317 e. The summed E-state index contributed by atoms with van der Waals surface area (Å²) in [6.45, 7) is 3.97. The second kappa shape index (κ2) is 8.16. The summed E-state index contributed by atoms with van der Waals surface area (Å²) >= 11 is 5.74. The van der Waals surface area contributed by atoms with Crippen LogP contribution >= 0.6 is 11.6 Å². The van der Waals surface area contributed by atoms with Crippen LogP contribution in [-0.4, -0.2) is 13.1 Å². The van der Waals surface area contributed by atoms with Crippen LogP contribution in [0.3, 0.4) is 0 Å². The maximum Gasteiger partial charge on any atom is 0.142 e. The molecule has 0 aliphatic rings. The van der Waals surface area contributed by atoms with E-state index in [-0.39, 0.29) is 10.8 Å². The minimum absolute atomic E-state index is 0.185. The van der Waals surface area contributed by atoms with Gasteiger partial charge in [-0.3, -0.25) is 0 Å². The van der Waals surface area contributed by atoms with E-state index in [1.807, 2.05) is 12.1 Å². The molecule has 0 fully saturated rings. The smallest absolute Gasteiger partial charge is 0.142 e. The number of benzene rings is 2. The quantitative estimate of drug-likeness (QED) is 0.794. The summed E-state index contributed by atoms with van der Waals surface area (Å²) < 4.78 is 13.6. The van der Waals surface area contributed by atoms with Gasteiger partial charge in [0.15, 0.2) is 0 Å². The lowest BCUT2D eigenvalue weighted by molar-refractivity contribution is 0.477. The lowest BCUT2D eigenvalue weighted by Crippen LogP contribution is -2.25. The van der Waals surface area contributed by atoms with Gasteiger partial charge in [0.2, 0.25) is 0 Å². The second-order valence-electron chi connectivity index (χ2n) is 5.32. The molecule has 1 nitrogen and oxygen atoms in total. The van der Waals surface area contributed by atoms with Crippen molar-refractivity contribution in [1.29, 1.82) is 0 Å². The lowest BCUT2D eigenvalue weighted by Gasteiger charge is -2.18. The average molecular weight is 306 g/mol. The molecule has 0 heterocycles. The molecular formula is C18H21ClFN. The van der Waals surface area contributed by atoms with Gasteiger partial charge in [-0.2, -0.15) is 0 Å². The van der Waals surface area contributed by atoms with Crippen molar-refractivity contribution < 1.29 is 4.39 Å². The molecule has 0 spiro atoms. The molecule has 0 bridgehead atoms. The second-order valence-corrected chi connectivity index (χ2v) is 5.72. The third-order valence-corrected chi connectivity index (χ3v) is 3.87. The Kier molecular flexibility index (Phi) is 6.21. The summed E-state index contributed by atoms with van der Waals surface area (Å²) in [6, 6.07) is 15.5. The van der Waals surface area contributed by atoms with Crippen molar-refractivity contribution in [2.75, 3.05) is 13.1 Å². The highest BCUT2D eigenvalue weighted by Crippen LogP contribution is 2.19. The van der Waals surface area contributed by atoms with Crippen molar-refractivity contribution in [2.24, 2.45) is 5.92 Å². The number of hydrogen-bond acceptors (Lipinski definition) is 1. The molecule has 1 unspecified atom stereocenters. The fraction of sp³-hybridized carbons (Fsp3) is 0.333. The van der Waals surface area contributed by atoms with Gasteiger partial charge < -0.3 is 5.32 Å². The maximum absolute atomic E-state index is 13.6. The lowest BCUT2D eigenvalue weighted by atomic mass is 9.92. The Morgan fingerprint density at radius 2 is 1.76 bits per heavy atom. The zero-order valence-electron chi connectivity index (χ0n) is 12.3. The van der Waals surface area contributed by atoms with E-state index >= 15 is 0 Å². The van der Waals surface area contributed by atoms with Crippen LogP contribution in [0.5, 0.6) is 0 Å². The average Bonchev–Trinajstić information content (AvgIpc) is 2.49. The molecule has 0 amide bonds. The van der Waals surface area contributed by atoms with Crippen LogP contribution in [0, 0.1) is 11.7 Å². The normalized spacial score (nSPS) is 12.3. The largest absolute Gasteiger partial charge is 0.317 e. The summed E-state index contributed by atoms with van der Waals surface area (Å²) in [6.07, 6.45) is 1.83. The fourth-order valence-corrected chi connectivity index (χ4v) is 2.63. The molecule has 0 aliphatic heterocycles. The van der Waals surface area contributed by atoms with E-state index in [1.54, 1.807) is 12.1 Å². The zero-order valence-corrected chi connectivity index (χ0v) is 13.0. The summed E-state index contributed by atoms with van der Waals surface area (Å²) in [5, 5.41) is 3.58. The van der Waals surface area contributed by atoms with Gasteiger partial charge in [0.1, 0.15) is 5.82 Å². The maximum atomic E-state index is 13.6. The summed E-state index contributed by atoms with van der Waals surface area (Å²) in [5.41, 5.74) is 2.31. The Labute approximate surface area is 131 Å². The molecule has 1 atom stereocenters. The number of nitrogens with one attached hydrogen (secondary N) is 1. The van der Waals surface area contributed by atoms with Crippen molar-refractivity contribution in [2.45, 2.75) is 19.8 Å². The van der Waals surface area contributed by atoms with Crippen LogP contribution < -0.4 is 5.32 Å². The van der Waals surface area contributed by atoms with Gasteiger partial charge in [-0.05, 0) is 55.1 Å². The van der Waals surface area contributed by atoms with Crippen molar-refractivity contribution in [1.82, 2.24) is 5.32 Å². The molecule has 0 aliphatic carbocycles. The monoisotopic (exact) mass is 305 g/mol. The van der Waals surface area contributed by atoms with E-state index in [0.29, 0.717) is 5.92 Å². The van der Waals surface area contributed by atoms with Gasteiger partial charge in [0, 0.05) is 0 Å². The van der Waals surface area contributed by atoms with Crippen molar-refractivity contribution in [3.05, 3.63) is 70.5 Å². The van der Waals surface area contributed by atoms with Gasteiger partial charge in [-0.25, -0.2) is 4.39 Å². The van der Waals surface area contributed by atoms with Crippen molar-refractivity contribution in [3.8, 4) is 0 Å². The standard InChI is InChI=1S/C18H21ClFN/c1-2-21-13-16(10-14-6-4-3-5-7-14)11-15-8-9-17(19)18(20)12-15/h3-9,12,16,21H,2,10-11,13H2,1H3. The molecule has 0 aromatic heterocycles. The summed E-state index contributed by atoms with van der Waals surface area (Å²) in [7, 11) is 0. The van der Waals surface area contributed by atoms with Crippen LogP contribution in [-0.2, 0) is 12.8 Å². The fourth-order valence-electron chi connectivity index (χ4n) is 2.51. The van der Waals surface area contributed by atoms with Crippen LogP contribution in [0.15, 0.2) is 48.5 Å². The van der Waals surface area contributed by atoms with E-state index in [9.17, 15) is 4.39 Å². The highest BCUT2D eigenvalue weighted by atomic mass is 35.5. The van der Waals surface area contributed by atoms with E-state index in [1.165, 1.54) is 5.56 Å². The molecule has 112 valence electrons. The third kappa shape index (κ3) is 5.14. The highest BCUT2D eigenvalue weighted by molar-refractivity contribution is 6.30. The molecule has 0 saturated carbocycles. The molecule has 3 heteroatoms. The molecule has 21 heavy (non-hydrogen) atoms. The molecule has 2 aromatic rings. The van der Waals surface area contributed by atoms with E-state index < -0.39 is 0 Å². The Morgan fingerprint density at radius 3 is 2.43 bits per heavy atom. The van der Waals surface area contributed by atoms with Crippen LogP contribution in [0.4, 0.5) is 4.39 Å². The van der Waals surface area contributed by atoms with Gasteiger partial charge in [-0.1, -0.05) is 54.9 Å². The number of halogens is 2. The van der Waals surface area contributed by atoms with E-state index in [0.717, 1.165) is 31.5 Å². The SMILES string of the molecule is CCNCC(Cc1ccccc1)Cc1ccc(Cl)c(F)c1. The molecule has 0 saturated heterocycles. The molecule has 2 rings (SSSR count). The topological polar surface area (TPSA) is 12.0 Å². The van der Waals surface area contributed by atoms with Gasteiger partial charge >= 0.3 is 0 Å². The van der Waals surface area contributed by atoms with Crippen LogP contribution in [0.25, 0.3) is 0 Å². The zero-order chi connectivity index (χ0) is 15.1. The van der Waals surface area contributed by atoms with Crippen molar-refractivity contribution >= 4 is 11.6 Å². The Balaban J connectivity index is 2.06. The van der Waals surface area contributed by atoms with Crippen molar-refractivity contribution in [3.63, 3.8) is 0 Å². The van der Waals surface area contributed by atoms with Gasteiger partial charge in [0.25, 0.3) is 0 Å². The number of rotatable bonds is 7. The first-order chi connectivity index (χ1) is 10.2. The van der Waals surface area contributed by atoms with Gasteiger partial charge in [-0.15, -0.1) is 0 Å². The number of hydrogen-bond donors (Lipinski definition) is 1. The highest BCUT2D eigenvalue weighted by Gasteiger charge is 2.12. The molecule has 0 radical (unpaired) electrons. The first-order valence-corrected chi connectivity index (χ1v) is 7.75. The first kappa shape index (κ1) is 16.0. The summed E-state index contributed by atoms with van der Waals surface area (Å²) in [5.74, 6) is 0.101. The van der Waals surface area contributed by atoms with Crippen LogP contribution in [0.1, 0.15) is 18.1 Å². The minimum atomic E-state index is -0.337. The van der Waals surface area contributed by atoms with E-state index in [2.05, 4.69) is 36.5 Å². The molecule has 2 aromatic carbocycles. The predicted molar refractivity (Wildman–Crippen MR) is 87.3 cm³/mol. The molecular weight excluding hydrogens is 285 g/mol. The Hall–Kier alpha value is -1.38. The van der Waals surface area contributed by atoms with Crippen LogP contribution in [0.2, 0.25) is 5.02 Å². The first-order valence-electron chi connectivity index (χ1n) is 7.37. The predicted octanol–water partition coefficient (Wildman–Crippen LogP) is 4.49. The Bertz CT molecular complexity index is 556. The van der Waals surface area contributed by atoms with E-state index in [4.69, 9.17) is 11.6 Å². The molecule has 1 N–H and O–H groups in total. The van der Waals surface area contributed by atoms with Gasteiger partial charge in [0.05, 0.1) is 5.02 Å². The summed E-state index contributed by atoms with van der Waals surface area (Å²) in [4.78, 5) is 0. The third-order valence-electron chi connectivity index (χ3n) is 3.56. The Morgan fingerprint density at radius 1 is 1.05 bits per heavy atom.